The molecule has 4 nitrogen and oxygen atoms in total. The lowest BCUT2D eigenvalue weighted by Crippen LogP contribution is -2.23. The van der Waals surface area contributed by atoms with Crippen LogP contribution in [0.25, 0.3) is 11.0 Å². The smallest absolute Gasteiger partial charge is 0.329 e. The molecule has 0 saturated heterocycles. The predicted molar refractivity (Wildman–Crippen MR) is 68.2 cm³/mol. The lowest BCUT2D eigenvalue weighted by molar-refractivity contribution is 0.281. The van der Waals surface area contributed by atoms with Crippen LogP contribution in [-0.2, 0) is 13.1 Å². The van der Waals surface area contributed by atoms with Crippen molar-refractivity contribution < 1.29 is 5.11 Å². The minimum Gasteiger partial charge on any atom is -0.396 e. The third-order valence-corrected chi connectivity index (χ3v) is 3.03. The lowest BCUT2D eigenvalue weighted by Gasteiger charge is -2.01. The maximum atomic E-state index is 12.2. The highest BCUT2D eigenvalue weighted by Crippen LogP contribution is 2.13. The third kappa shape index (κ3) is 2.13. The minimum atomic E-state index is 0.0478. The van der Waals surface area contributed by atoms with Crippen LogP contribution in [0, 0.1) is 0 Å². The Balaban J connectivity index is 2.47. The number of nitrogens with zero attached hydrogens (tertiary/aromatic N) is 2. The summed E-state index contributed by atoms with van der Waals surface area (Å²) in [5, 5.41) is 8.79. The van der Waals surface area contributed by atoms with Gasteiger partial charge in [-0.25, -0.2) is 4.79 Å². The summed E-state index contributed by atoms with van der Waals surface area (Å²) >= 11 is 0. The quantitative estimate of drug-likeness (QED) is 0.799. The maximum Gasteiger partial charge on any atom is 0.329 e. The third-order valence-electron chi connectivity index (χ3n) is 3.03. The molecule has 0 amide bonds. The van der Waals surface area contributed by atoms with E-state index in [1.165, 1.54) is 0 Å². The van der Waals surface area contributed by atoms with Crippen molar-refractivity contribution in [3.63, 3.8) is 0 Å². The average Bonchev–Trinajstić information content (AvgIpc) is 2.62. The maximum absolute atomic E-state index is 12.2. The van der Waals surface area contributed by atoms with Crippen LogP contribution in [0.15, 0.2) is 29.1 Å². The van der Waals surface area contributed by atoms with E-state index in [0.29, 0.717) is 13.1 Å². The standard InChI is InChI=1S/C13H18N2O2/c1-2-14-11-7-3-4-8-12(11)15(13(14)17)9-5-6-10-16/h3-4,7-8,16H,2,5-6,9-10H2,1H3. The van der Waals surface area contributed by atoms with Crippen LogP contribution < -0.4 is 5.69 Å². The van der Waals surface area contributed by atoms with E-state index >= 15 is 0 Å². The molecule has 0 atom stereocenters. The van der Waals surface area contributed by atoms with Crippen LogP contribution >= 0.6 is 0 Å². The van der Waals surface area contributed by atoms with Crippen LogP contribution in [0.1, 0.15) is 19.8 Å². The Hall–Kier alpha value is -1.55. The lowest BCUT2D eigenvalue weighted by atomic mass is 10.3. The highest BCUT2D eigenvalue weighted by Gasteiger charge is 2.10. The van der Waals surface area contributed by atoms with Crippen LogP contribution in [0.4, 0.5) is 0 Å². The highest BCUT2D eigenvalue weighted by atomic mass is 16.2. The number of hydrogen-bond donors (Lipinski definition) is 1. The van der Waals surface area contributed by atoms with E-state index < -0.39 is 0 Å². The Kier molecular flexibility index (Phi) is 3.64. The van der Waals surface area contributed by atoms with E-state index in [4.69, 9.17) is 5.11 Å². The molecular formula is C13H18N2O2. The minimum absolute atomic E-state index is 0.0478. The first-order valence-electron chi connectivity index (χ1n) is 6.08. The molecule has 0 saturated carbocycles. The highest BCUT2D eigenvalue weighted by molar-refractivity contribution is 5.75. The van der Waals surface area contributed by atoms with Gasteiger partial charge in [-0.1, -0.05) is 12.1 Å². The van der Waals surface area contributed by atoms with Gasteiger partial charge in [0.05, 0.1) is 11.0 Å². The number of rotatable bonds is 5. The molecule has 0 aliphatic rings. The summed E-state index contributed by atoms with van der Waals surface area (Å²) in [5.74, 6) is 0. The van der Waals surface area contributed by atoms with E-state index in [1.54, 1.807) is 9.13 Å². The van der Waals surface area contributed by atoms with E-state index in [1.807, 2.05) is 31.2 Å². The summed E-state index contributed by atoms with van der Waals surface area (Å²) < 4.78 is 3.59. The molecule has 0 fully saturated rings. The molecule has 17 heavy (non-hydrogen) atoms. The second kappa shape index (κ2) is 5.19. The zero-order chi connectivity index (χ0) is 12.3. The Morgan fingerprint density at radius 2 is 1.76 bits per heavy atom. The van der Waals surface area contributed by atoms with Gasteiger partial charge in [-0.05, 0) is 31.9 Å². The normalized spacial score (nSPS) is 11.2. The number of para-hydroxylation sites is 2. The summed E-state index contributed by atoms with van der Waals surface area (Å²) in [6.45, 7) is 3.52. The SMILES string of the molecule is CCn1c(=O)n(CCCCO)c2ccccc21. The van der Waals surface area contributed by atoms with Gasteiger partial charge in [-0.2, -0.15) is 0 Å². The molecule has 0 unspecified atom stereocenters. The number of fused-ring (bicyclic) bond motifs is 1. The molecule has 1 N–H and O–H groups in total. The Morgan fingerprint density at radius 1 is 1.12 bits per heavy atom. The molecule has 4 heteroatoms. The van der Waals surface area contributed by atoms with Crippen molar-refractivity contribution in [2.45, 2.75) is 32.9 Å². The van der Waals surface area contributed by atoms with Gasteiger partial charge in [-0.15, -0.1) is 0 Å². The van der Waals surface area contributed by atoms with Gasteiger partial charge in [0, 0.05) is 19.7 Å². The molecule has 0 aliphatic carbocycles. The van der Waals surface area contributed by atoms with Crippen molar-refractivity contribution in [2.24, 2.45) is 0 Å². The number of aliphatic hydroxyl groups excluding tert-OH is 1. The summed E-state index contributed by atoms with van der Waals surface area (Å²) in [6, 6.07) is 7.85. The molecule has 1 aromatic heterocycles. The van der Waals surface area contributed by atoms with Crippen molar-refractivity contribution in [1.82, 2.24) is 9.13 Å². The Labute approximate surface area is 100 Å². The molecule has 92 valence electrons. The molecule has 1 heterocycles. The van der Waals surface area contributed by atoms with Crippen molar-refractivity contribution in [3.05, 3.63) is 34.7 Å². The molecule has 0 bridgehead atoms. The van der Waals surface area contributed by atoms with Gasteiger partial charge in [0.2, 0.25) is 0 Å². The fraction of sp³-hybridized carbons (Fsp3) is 0.462. The number of unbranched alkanes of at least 4 members (excludes halogenated alkanes) is 1. The zero-order valence-electron chi connectivity index (χ0n) is 10.1. The van der Waals surface area contributed by atoms with Crippen LogP contribution in [-0.4, -0.2) is 20.8 Å². The molecule has 2 rings (SSSR count). The first-order valence-corrected chi connectivity index (χ1v) is 6.08. The second-order valence-corrected chi connectivity index (χ2v) is 4.10. The Bertz CT molecular complexity index is 554. The van der Waals surface area contributed by atoms with Gasteiger partial charge in [0.25, 0.3) is 0 Å². The molecule has 0 spiro atoms. The van der Waals surface area contributed by atoms with E-state index in [9.17, 15) is 4.79 Å². The van der Waals surface area contributed by atoms with Crippen molar-refractivity contribution >= 4 is 11.0 Å². The number of benzene rings is 1. The summed E-state index contributed by atoms with van der Waals surface area (Å²) in [5.41, 5.74) is 2.02. The van der Waals surface area contributed by atoms with Gasteiger partial charge in [-0.3, -0.25) is 9.13 Å². The fourth-order valence-corrected chi connectivity index (χ4v) is 2.18. The van der Waals surface area contributed by atoms with Gasteiger partial charge < -0.3 is 5.11 Å². The van der Waals surface area contributed by atoms with Gasteiger partial charge >= 0.3 is 5.69 Å². The molecule has 2 aromatic rings. The van der Waals surface area contributed by atoms with Crippen molar-refractivity contribution in [2.75, 3.05) is 6.61 Å². The largest absolute Gasteiger partial charge is 0.396 e. The molecule has 0 aliphatic heterocycles. The number of imidazole rings is 1. The first kappa shape index (κ1) is 11.9. The van der Waals surface area contributed by atoms with Crippen molar-refractivity contribution in [1.29, 1.82) is 0 Å². The monoisotopic (exact) mass is 234 g/mol. The first-order chi connectivity index (χ1) is 8.29. The van der Waals surface area contributed by atoms with E-state index in [-0.39, 0.29) is 12.3 Å². The van der Waals surface area contributed by atoms with Crippen LogP contribution in [0.2, 0.25) is 0 Å². The Morgan fingerprint density at radius 3 is 2.35 bits per heavy atom. The topological polar surface area (TPSA) is 47.2 Å². The van der Waals surface area contributed by atoms with Gasteiger partial charge in [0.1, 0.15) is 0 Å². The number of aromatic nitrogens is 2. The molecule has 1 aromatic carbocycles. The van der Waals surface area contributed by atoms with Crippen molar-refractivity contribution in [3.8, 4) is 0 Å². The summed E-state index contributed by atoms with van der Waals surface area (Å²) in [6.07, 6.45) is 1.56. The fourth-order valence-electron chi connectivity index (χ4n) is 2.18. The number of aliphatic hydroxyl groups is 1. The van der Waals surface area contributed by atoms with E-state index in [0.717, 1.165) is 23.9 Å². The predicted octanol–water partition coefficient (Wildman–Crippen LogP) is 1.60. The van der Waals surface area contributed by atoms with Gasteiger partial charge in [0.15, 0.2) is 0 Å². The average molecular weight is 234 g/mol. The van der Waals surface area contributed by atoms with Crippen LogP contribution in [0.3, 0.4) is 0 Å². The molecule has 0 radical (unpaired) electrons. The van der Waals surface area contributed by atoms with E-state index in [2.05, 4.69) is 0 Å². The number of hydrogen-bond acceptors (Lipinski definition) is 2. The summed E-state index contributed by atoms with van der Waals surface area (Å²) in [7, 11) is 0. The summed E-state index contributed by atoms with van der Waals surface area (Å²) in [4.78, 5) is 12.2. The number of aryl methyl sites for hydroxylation is 2. The van der Waals surface area contributed by atoms with Crippen LogP contribution in [0.5, 0.6) is 0 Å². The second-order valence-electron chi connectivity index (χ2n) is 4.10. The zero-order valence-corrected chi connectivity index (χ0v) is 10.1. The molecular weight excluding hydrogens is 216 g/mol.